The second kappa shape index (κ2) is 73.0. The number of carbonyl (C=O) groups excluding carboxylic acids is 4. The minimum atomic E-state index is -4.99. The molecule has 0 aliphatic rings. The summed E-state index contributed by atoms with van der Waals surface area (Å²) in [6.07, 6.45) is 77.9. The lowest BCUT2D eigenvalue weighted by molar-refractivity contribution is -0.161. The Morgan fingerprint density at radius 1 is 0.290 bits per heavy atom. The zero-order valence-corrected chi connectivity index (χ0v) is 64.6. The van der Waals surface area contributed by atoms with Crippen LogP contribution in [-0.4, -0.2) is 96.7 Å². The van der Waals surface area contributed by atoms with Crippen LogP contribution in [0.3, 0.4) is 0 Å². The molecule has 19 heteroatoms. The van der Waals surface area contributed by atoms with Gasteiger partial charge in [0, 0.05) is 25.7 Å². The van der Waals surface area contributed by atoms with Gasteiger partial charge in [0.05, 0.1) is 26.4 Å². The van der Waals surface area contributed by atoms with Crippen LogP contribution in [0.4, 0.5) is 0 Å². The number of rotatable bonds is 73. The van der Waals surface area contributed by atoms with Crippen LogP contribution in [-0.2, 0) is 65.4 Å². The summed E-state index contributed by atoms with van der Waals surface area (Å²) < 4.78 is 68.5. The van der Waals surface area contributed by atoms with Gasteiger partial charge in [-0.3, -0.25) is 37.3 Å². The van der Waals surface area contributed by atoms with Gasteiger partial charge >= 0.3 is 39.5 Å². The molecule has 100 heavy (non-hydrogen) atoms. The van der Waals surface area contributed by atoms with Crippen molar-refractivity contribution in [2.45, 2.75) is 341 Å². The normalized spacial score (nSPS) is 14.5. The van der Waals surface area contributed by atoms with Crippen molar-refractivity contribution in [1.82, 2.24) is 0 Å². The van der Waals surface area contributed by atoms with E-state index in [4.69, 9.17) is 37.0 Å². The van der Waals surface area contributed by atoms with Crippen LogP contribution in [0, 0.1) is 0 Å². The van der Waals surface area contributed by atoms with Crippen molar-refractivity contribution in [1.29, 1.82) is 0 Å². The summed E-state index contributed by atoms with van der Waals surface area (Å²) >= 11 is 0. The molecule has 5 unspecified atom stereocenters. The summed E-state index contributed by atoms with van der Waals surface area (Å²) in [5, 5.41) is 10.6. The highest BCUT2D eigenvalue weighted by Crippen LogP contribution is 2.45. The largest absolute Gasteiger partial charge is 0.472 e. The number of allylic oxidation sites excluding steroid dienone is 18. The van der Waals surface area contributed by atoms with E-state index in [-0.39, 0.29) is 25.7 Å². The summed E-state index contributed by atoms with van der Waals surface area (Å²) in [5.41, 5.74) is 0. The van der Waals surface area contributed by atoms with Crippen molar-refractivity contribution >= 4 is 39.5 Å². The van der Waals surface area contributed by atoms with Gasteiger partial charge in [-0.05, 0) is 128 Å². The molecule has 0 saturated carbocycles. The van der Waals surface area contributed by atoms with Gasteiger partial charge in [0.1, 0.15) is 19.3 Å². The van der Waals surface area contributed by atoms with E-state index in [1.165, 1.54) is 89.9 Å². The lowest BCUT2D eigenvalue weighted by atomic mass is 10.0. The molecule has 17 nitrogen and oxygen atoms in total. The van der Waals surface area contributed by atoms with Gasteiger partial charge in [-0.2, -0.15) is 0 Å². The summed E-state index contributed by atoms with van der Waals surface area (Å²) in [4.78, 5) is 72.9. The van der Waals surface area contributed by atoms with Crippen molar-refractivity contribution in [3.63, 3.8) is 0 Å². The maximum atomic E-state index is 13.1. The first-order valence-corrected chi connectivity index (χ1v) is 42.1. The highest BCUT2D eigenvalue weighted by Gasteiger charge is 2.30. The molecule has 0 saturated heterocycles. The third-order valence-corrected chi connectivity index (χ3v) is 18.1. The van der Waals surface area contributed by atoms with Gasteiger partial charge < -0.3 is 33.8 Å². The second-order valence-corrected chi connectivity index (χ2v) is 28.8. The first kappa shape index (κ1) is 95.7. The Bertz CT molecular complexity index is 2320. The lowest BCUT2D eigenvalue weighted by Crippen LogP contribution is -2.30. The standard InChI is InChI=1S/C81H140O17P2/c1-5-9-13-17-21-25-29-33-36-37-40-43-46-50-54-58-62-66-79(84)92-71-76(97-80(85)67-63-59-55-51-47-41-32-28-24-20-16-12-8-4)73-95-99(87,88)93-69-75(82)70-94-100(89,90)96-74-77(98-81(86)68-64-60-56-52-48-44-39-35-31-27-23-19-15-11-7-3)72-91-78(83)65-61-57-53-49-45-42-38-34-30-26-22-18-14-10-6-2/h9-10,13-14,21-22,25-26,33-36,38-40,43,45,49,75-77,82H,5-8,11-12,15-20,23-24,27-32,37,41-42,44,46-48,50-74H2,1-4H3,(H,87,88)(H,89,90)/b13-9-,14-10-,25-21-,26-22-,36-33-,38-34-,39-35-,43-40-,49-45-. The van der Waals surface area contributed by atoms with Crippen LogP contribution >= 0.6 is 15.6 Å². The maximum absolute atomic E-state index is 13.1. The zero-order valence-electron chi connectivity index (χ0n) is 62.8. The number of unbranched alkanes of at least 4 members (excludes halogenated alkanes) is 29. The fraction of sp³-hybridized carbons (Fsp3) is 0.728. The first-order chi connectivity index (χ1) is 48.7. The summed E-state index contributed by atoms with van der Waals surface area (Å²) in [7, 11) is -9.97. The van der Waals surface area contributed by atoms with Crippen molar-refractivity contribution in [3.8, 4) is 0 Å². The van der Waals surface area contributed by atoms with Crippen LogP contribution in [0.2, 0.25) is 0 Å². The molecule has 0 radical (unpaired) electrons. The minimum Gasteiger partial charge on any atom is -0.462 e. The molecule has 0 amide bonds. The topological polar surface area (TPSA) is 237 Å². The molecule has 0 aromatic rings. The van der Waals surface area contributed by atoms with Crippen LogP contribution in [0.25, 0.3) is 0 Å². The van der Waals surface area contributed by atoms with Crippen LogP contribution in [0.15, 0.2) is 109 Å². The number of hydrogen-bond donors (Lipinski definition) is 3. The van der Waals surface area contributed by atoms with E-state index >= 15 is 0 Å². The Balaban J connectivity index is 5.39. The van der Waals surface area contributed by atoms with E-state index < -0.39 is 97.5 Å². The van der Waals surface area contributed by atoms with Gasteiger partial charge in [0.25, 0.3) is 0 Å². The van der Waals surface area contributed by atoms with Gasteiger partial charge in [0.15, 0.2) is 12.2 Å². The van der Waals surface area contributed by atoms with Gasteiger partial charge in [-0.1, -0.05) is 278 Å². The smallest absolute Gasteiger partial charge is 0.462 e. The molecule has 0 aliphatic heterocycles. The molecule has 5 atom stereocenters. The summed E-state index contributed by atoms with van der Waals surface area (Å²) in [6.45, 7) is 4.58. The molecule has 0 aromatic carbocycles. The van der Waals surface area contributed by atoms with E-state index in [9.17, 15) is 43.2 Å². The number of phosphoric acid groups is 2. The highest BCUT2D eigenvalue weighted by atomic mass is 31.2. The number of carbonyl (C=O) groups is 4. The quantitative estimate of drug-likeness (QED) is 0.0169. The molecule has 576 valence electrons. The van der Waals surface area contributed by atoms with Crippen molar-refractivity contribution in [3.05, 3.63) is 109 Å². The van der Waals surface area contributed by atoms with Gasteiger partial charge in [-0.15, -0.1) is 0 Å². The zero-order chi connectivity index (χ0) is 73.2. The van der Waals surface area contributed by atoms with Crippen molar-refractivity contribution in [2.75, 3.05) is 39.6 Å². The predicted molar refractivity (Wildman–Crippen MR) is 408 cm³/mol. The second-order valence-electron chi connectivity index (χ2n) is 25.9. The number of ether oxygens (including phenoxy) is 4. The molecule has 0 aliphatic carbocycles. The van der Waals surface area contributed by atoms with Crippen molar-refractivity contribution < 1.29 is 80.2 Å². The number of hydrogen-bond acceptors (Lipinski definition) is 15. The molecule has 3 N–H and O–H groups in total. The highest BCUT2D eigenvalue weighted by molar-refractivity contribution is 7.47. The minimum absolute atomic E-state index is 0.0753. The first-order valence-electron chi connectivity index (χ1n) is 39.1. The SMILES string of the molecule is CC/C=C\C/C=C\C/C=C\C/C=C\CCCCCCC(=O)OCC(COP(=O)(O)OCC(O)COP(=O)(O)OCC(COC(=O)CCCC/C=C\C/C=C\C/C=C\C/C=C\CC)OC(=O)CCCCCCC/C=C\CCCCCCCC)OC(=O)CCCCCCCCCCCCCCC. The van der Waals surface area contributed by atoms with Crippen LogP contribution < -0.4 is 0 Å². The van der Waals surface area contributed by atoms with E-state index in [1.807, 2.05) is 0 Å². The van der Waals surface area contributed by atoms with Crippen molar-refractivity contribution in [2.24, 2.45) is 0 Å². The Kier molecular flexibility index (Phi) is 69.9. The fourth-order valence-corrected chi connectivity index (χ4v) is 11.9. The number of aliphatic hydroxyl groups excluding tert-OH is 1. The van der Waals surface area contributed by atoms with Gasteiger partial charge in [-0.25, -0.2) is 9.13 Å². The summed E-state index contributed by atoms with van der Waals surface area (Å²) in [6, 6.07) is 0. The van der Waals surface area contributed by atoms with Gasteiger partial charge in [0.2, 0.25) is 0 Å². The number of aliphatic hydroxyl groups is 1. The van der Waals surface area contributed by atoms with E-state index in [2.05, 4.69) is 137 Å². The monoisotopic (exact) mass is 1450 g/mol. The molecular weight excluding hydrogens is 1310 g/mol. The number of phosphoric ester groups is 2. The lowest BCUT2D eigenvalue weighted by Gasteiger charge is -2.21. The molecule has 0 rings (SSSR count). The molecule has 0 aromatic heterocycles. The Labute approximate surface area is 607 Å². The van der Waals surface area contributed by atoms with Crippen LogP contribution in [0.5, 0.6) is 0 Å². The van der Waals surface area contributed by atoms with E-state index in [1.54, 1.807) is 0 Å². The third-order valence-electron chi connectivity index (χ3n) is 16.2. The van der Waals surface area contributed by atoms with Crippen LogP contribution in [0.1, 0.15) is 323 Å². The average Bonchev–Trinajstić information content (AvgIpc) is 0.965. The summed E-state index contributed by atoms with van der Waals surface area (Å²) in [5.74, 6) is -2.25. The fourth-order valence-electron chi connectivity index (χ4n) is 10.3. The molecular formula is C81H140O17P2. The van der Waals surface area contributed by atoms with E-state index in [0.717, 1.165) is 154 Å². The Morgan fingerprint density at radius 2 is 0.520 bits per heavy atom. The molecule has 0 fully saturated rings. The Hall–Kier alpha value is -4.28. The molecule has 0 heterocycles. The average molecular weight is 1450 g/mol. The Morgan fingerprint density at radius 3 is 0.830 bits per heavy atom. The molecule has 0 bridgehead atoms. The van der Waals surface area contributed by atoms with E-state index in [0.29, 0.717) is 25.7 Å². The maximum Gasteiger partial charge on any atom is 0.472 e. The third kappa shape index (κ3) is 72.1. The molecule has 0 spiro atoms. The number of esters is 4. The predicted octanol–water partition coefficient (Wildman–Crippen LogP) is 22.6.